The van der Waals surface area contributed by atoms with E-state index in [1.54, 1.807) is 21.3 Å². The zero-order chi connectivity index (χ0) is 13.0. The van der Waals surface area contributed by atoms with Crippen LogP contribution in [0.4, 0.5) is 0 Å². The van der Waals surface area contributed by atoms with Crippen molar-refractivity contribution < 1.29 is 14.3 Å². The van der Waals surface area contributed by atoms with Gasteiger partial charge in [-0.3, -0.25) is 0 Å². The maximum absolute atomic E-state index is 6.23. The summed E-state index contributed by atoms with van der Waals surface area (Å²) in [6.45, 7) is 4.37. The zero-order valence-corrected chi connectivity index (χ0v) is 11.6. The molecule has 1 aromatic rings. The van der Waals surface area contributed by atoms with E-state index in [1.807, 2.05) is 13.8 Å². The maximum Gasteiger partial charge on any atom is 0.141 e. The third-order valence-electron chi connectivity index (χ3n) is 2.74. The van der Waals surface area contributed by atoms with Gasteiger partial charge in [0, 0.05) is 16.7 Å². The molecule has 0 aliphatic heterocycles. The Morgan fingerprint density at radius 3 is 2.06 bits per heavy atom. The molecule has 0 saturated carbocycles. The van der Waals surface area contributed by atoms with Crippen molar-refractivity contribution in [2.45, 2.75) is 20.4 Å². The van der Waals surface area contributed by atoms with Crippen molar-refractivity contribution in [1.29, 1.82) is 0 Å². The van der Waals surface area contributed by atoms with Crippen LogP contribution in [0.15, 0.2) is 0 Å². The van der Waals surface area contributed by atoms with Crippen LogP contribution in [0.1, 0.15) is 16.7 Å². The molecule has 1 N–H and O–H groups in total. The molecule has 96 valence electrons. The van der Waals surface area contributed by atoms with Gasteiger partial charge in [0.15, 0.2) is 0 Å². The lowest BCUT2D eigenvalue weighted by Crippen LogP contribution is -2.14. The normalized spacial score (nSPS) is 10.5. The van der Waals surface area contributed by atoms with E-state index >= 15 is 0 Å². The molecule has 0 unspecified atom stereocenters. The summed E-state index contributed by atoms with van der Waals surface area (Å²) in [6, 6.07) is 0. The van der Waals surface area contributed by atoms with Crippen LogP contribution in [0.2, 0.25) is 5.02 Å². The first kappa shape index (κ1) is 14.1. The average Bonchev–Trinajstić information content (AvgIpc) is 2.33. The van der Waals surface area contributed by atoms with Crippen LogP contribution in [0, 0.1) is 13.8 Å². The highest BCUT2D eigenvalue weighted by Crippen LogP contribution is 2.40. The van der Waals surface area contributed by atoms with Crippen molar-refractivity contribution in [2.24, 2.45) is 0 Å². The standard InChI is InChI=1S/C12H18ClNO3/c1-7-9(6-14-17-5)11(15-3)8(2)10(13)12(7)16-4/h14H,6H2,1-5H3. The molecule has 0 amide bonds. The second kappa shape index (κ2) is 6.10. The molecule has 0 heterocycles. The van der Waals surface area contributed by atoms with Gasteiger partial charge in [0.2, 0.25) is 0 Å². The van der Waals surface area contributed by atoms with Gasteiger partial charge in [0.25, 0.3) is 0 Å². The Bertz CT molecular complexity index is 407. The summed E-state index contributed by atoms with van der Waals surface area (Å²) < 4.78 is 10.7. The molecule has 0 spiro atoms. The number of nitrogens with one attached hydrogen (secondary N) is 1. The largest absolute Gasteiger partial charge is 0.496 e. The number of hydrogen-bond acceptors (Lipinski definition) is 4. The zero-order valence-electron chi connectivity index (χ0n) is 10.8. The highest BCUT2D eigenvalue weighted by Gasteiger charge is 2.19. The van der Waals surface area contributed by atoms with E-state index in [2.05, 4.69) is 5.48 Å². The first-order valence-electron chi connectivity index (χ1n) is 5.23. The summed E-state index contributed by atoms with van der Waals surface area (Å²) in [4.78, 5) is 4.86. The summed E-state index contributed by atoms with van der Waals surface area (Å²) in [6.07, 6.45) is 0. The summed E-state index contributed by atoms with van der Waals surface area (Å²) in [7, 11) is 4.80. The SMILES string of the molecule is CONCc1c(C)c(OC)c(Cl)c(C)c1OC. The molecule has 0 aliphatic rings. The Labute approximate surface area is 107 Å². The maximum atomic E-state index is 6.23. The van der Waals surface area contributed by atoms with E-state index in [4.69, 9.17) is 25.9 Å². The number of rotatable bonds is 5. The van der Waals surface area contributed by atoms with E-state index in [0.717, 1.165) is 22.4 Å². The quantitative estimate of drug-likeness (QED) is 0.826. The van der Waals surface area contributed by atoms with Crippen molar-refractivity contribution in [3.8, 4) is 11.5 Å². The minimum Gasteiger partial charge on any atom is -0.496 e. The van der Waals surface area contributed by atoms with Crippen LogP contribution >= 0.6 is 11.6 Å². The van der Waals surface area contributed by atoms with Gasteiger partial charge in [-0.05, 0) is 13.8 Å². The van der Waals surface area contributed by atoms with E-state index in [-0.39, 0.29) is 0 Å². The Morgan fingerprint density at radius 2 is 1.59 bits per heavy atom. The lowest BCUT2D eigenvalue weighted by molar-refractivity contribution is 0.0859. The molecule has 0 aliphatic carbocycles. The van der Waals surface area contributed by atoms with Gasteiger partial charge in [0.05, 0.1) is 32.9 Å². The number of ether oxygens (including phenoxy) is 2. The van der Waals surface area contributed by atoms with Crippen LogP contribution in [0.5, 0.6) is 11.5 Å². The van der Waals surface area contributed by atoms with Crippen LogP contribution < -0.4 is 15.0 Å². The number of hydroxylamine groups is 1. The molecular formula is C12H18ClNO3. The van der Waals surface area contributed by atoms with Gasteiger partial charge in [-0.2, -0.15) is 5.48 Å². The number of halogens is 1. The molecule has 0 fully saturated rings. The Morgan fingerprint density at radius 1 is 1.00 bits per heavy atom. The monoisotopic (exact) mass is 259 g/mol. The molecule has 17 heavy (non-hydrogen) atoms. The Kier molecular flexibility index (Phi) is 5.05. The van der Waals surface area contributed by atoms with Gasteiger partial charge in [-0.1, -0.05) is 11.6 Å². The summed E-state index contributed by atoms with van der Waals surface area (Å²) in [5.74, 6) is 1.44. The van der Waals surface area contributed by atoms with Crippen LogP contribution in [0.25, 0.3) is 0 Å². The van der Waals surface area contributed by atoms with Crippen LogP contribution in [-0.4, -0.2) is 21.3 Å². The highest BCUT2D eigenvalue weighted by atomic mass is 35.5. The molecule has 1 rings (SSSR count). The number of methoxy groups -OCH3 is 2. The minimum absolute atomic E-state index is 0.528. The molecule has 0 radical (unpaired) electrons. The lowest BCUT2D eigenvalue weighted by Gasteiger charge is -2.19. The molecule has 0 atom stereocenters. The summed E-state index contributed by atoms with van der Waals surface area (Å²) >= 11 is 6.23. The van der Waals surface area contributed by atoms with Crippen molar-refractivity contribution >= 4 is 11.6 Å². The molecule has 4 nitrogen and oxygen atoms in total. The van der Waals surface area contributed by atoms with Crippen LogP contribution in [-0.2, 0) is 11.4 Å². The predicted octanol–water partition coefficient (Wildman–Crippen LogP) is 2.63. The fourth-order valence-corrected chi connectivity index (χ4v) is 2.15. The smallest absolute Gasteiger partial charge is 0.141 e. The fraction of sp³-hybridized carbons (Fsp3) is 0.500. The van der Waals surface area contributed by atoms with Gasteiger partial charge < -0.3 is 14.3 Å². The summed E-state index contributed by atoms with van der Waals surface area (Å²) in [5, 5.41) is 0.586. The van der Waals surface area contributed by atoms with Crippen molar-refractivity contribution in [3.05, 3.63) is 21.7 Å². The summed E-state index contributed by atoms with van der Waals surface area (Å²) in [5.41, 5.74) is 5.59. The average molecular weight is 260 g/mol. The van der Waals surface area contributed by atoms with Crippen molar-refractivity contribution in [3.63, 3.8) is 0 Å². The Hall–Kier alpha value is -0.970. The van der Waals surface area contributed by atoms with E-state index in [1.165, 1.54) is 0 Å². The lowest BCUT2D eigenvalue weighted by atomic mass is 10.0. The molecular weight excluding hydrogens is 242 g/mol. The highest BCUT2D eigenvalue weighted by molar-refractivity contribution is 6.33. The third kappa shape index (κ3) is 2.65. The van der Waals surface area contributed by atoms with E-state index < -0.39 is 0 Å². The van der Waals surface area contributed by atoms with E-state index in [0.29, 0.717) is 17.3 Å². The van der Waals surface area contributed by atoms with E-state index in [9.17, 15) is 0 Å². The topological polar surface area (TPSA) is 39.7 Å². The third-order valence-corrected chi connectivity index (χ3v) is 3.19. The van der Waals surface area contributed by atoms with Gasteiger partial charge in [-0.15, -0.1) is 0 Å². The van der Waals surface area contributed by atoms with Gasteiger partial charge in [-0.25, -0.2) is 0 Å². The fourth-order valence-electron chi connectivity index (χ4n) is 1.84. The molecule has 5 heteroatoms. The predicted molar refractivity (Wildman–Crippen MR) is 67.9 cm³/mol. The number of hydrogen-bond donors (Lipinski definition) is 1. The second-order valence-electron chi connectivity index (χ2n) is 3.63. The second-order valence-corrected chi connectivity index (χ2v) is 4.01. The van der Waals surface area contributed by atoms with Gasteiger partial charge in [0.1, 0.15) is 11.5 Å². The van der Waals surface area contributed by atoms with Crippen LogP contribution in [0.3, 0.4) is 0 Å². The van der Waals surface area contributed by atoms with Gasteiger partial charge >= 0.3 is 0 Å². The molecule has 0 saturated heterocycles. The van der Waals surface area contributed by atoms with Crippen molar-refractivity contribution in [1.82, 2.24) is 5.48 Å². The molecule has 0 aromatic heterocycles. The molecule has 1 aromatic carbocycles. The first-order chi connectivity index (χ1) is 8.08. The Balaban J connectivity index is 3.38. The van der Waals surface area contributed by atoms with Crippen molar-refractivity contribution in [2.75, 3.05) is 21.3 Å². The minimum atomic E-state index is 0.528. The molecule has 0 bridgehead atoms. The first-order valence-corrected chi connectivity index (χ1v) is 5.61. The number of benzene rings is 1.